The van der Waals surface area contributed by atoms with Gasteiger partial charge in [-0.25, -0.2) is 8.42 Å². The molecule has 0 aromatic heterocycles. The molecule has 1 fully saturated rings. The van der Waals surface area contributed by atoms with Gasteiger partial charge in [-0.1, -0.05) is 12.1 Å². The van der Waals surface area contributed by atoms with Crippen molar-refractivity contribution in [2.45, 2.75) is 17.2 Å². The molecule has 0 amide bonds. The van der Waals surface area contributed by atoms with Crippen molar-refractivity contribution in [3.63, 3.8) is 0 Å². The first kappa shape index (κ1) is 15.8. The lowest BCUT2D eigenvalue weighted by Gasteiger charge is -2.37. The van der Waals surface area contributed by atoms with E-state index in [4.69, 9.17) is 5.26 Å². The molecule has 1 aliphatic heterocycles. The average molecular weight is 320 g/mol. The van der Waals surface area contributed by atoms with E-state index >= 15 is 0 Å². The summed E-state index contributed by atoms with van der Waals surface area (Å²) in [5, 5.41) is 8.90. The zero-order valence-electron chi connectivity index (χ0n) is 10.7. The normalized spacial score (nSPS) is 17.2. The molecule has 9 heteroatoms. The number of benzene rings is 1. The Balaban J connectivity index is 2.03. The number of halogens is 3. The van der Waals surface area contributed by atoms with E-state index in [0.717, 1.165) is 4.31 Å². The van der Waals surface area contributed by atoms with Crippen LogP contribution in [-0.4, -0.2) is 44.7 Å². The molecule has 0 spiro atoms. The van der Waals surface area contributed by atoms with Crippen molar-refractivity contribution in [1.29, 1.82) is 5.26 Å². The summed E-state index contributed by atoms with van der Waals surface area (Å²) in [6, 6.07) is 7.44. The molecule has 0 radical (unpaired) electrons. The summed E-state index contributed by atoms with van der Waals surface area (Å²) >= 11 is 0. The van der Waals surface area contributed by atoms with Crippen LogP contribution in [0.1, 0.15) is 5.56 Å². The molecule has 0 atom stereocenters. The quantitative estimate of drug-likeness (QED) is 0.843. The second-order valence-electron chi connectivity index (χ2n) is 4.48. The van der Waals surface area contributed by atoms with Gasteiger partial charge < -0.3 is 4.74 Å². The lowest BCUT2D eigenvalue weighted by Crippen LogP contribution is -2.55. The smallest absolute Gasteiger partial charge is 0.366 e. The molecule has 0 N–H and O–H groups in total. The highest BCUT2D eigenvalue weighted by molar-refractivity contribution is 7.89. The van der Waals surface area contributed by atoms with Gasteiger partial charge in [0.25, 0.3) is 0 Å². The maximum Gasteiger partial charge on any atom is 0.411 e. The summed E-state index contributed by atoms with van der Waals surface area (Å²) < 4.78 is 66.0. The Labute approximate surface area is 119 Å². The summed E-state index contributed by atoms with van der Waals surface area (Å²) in [7, 11) is -3.88. The third-order valence-corrected chi connectivity index (χ3v) is 4.81. The Morgan fingerprint density at radius 3 is 2.52 bits per heavy atom. The van der Waals surface area contributed by atoms with Crippen LogP contribution in [-0.2, 0) is 14.8 Å². The number of hydrogen-bond acceptors (Lipinski definition) is 4. The van der Waals surface area contributed by atoms with Crippen LogP contribution < -0.4 is 0 Å². The molecule has 2 rings (SSSR count). The molecule has 1 aromatic carbocycles. The first-order chi connectivity index (χ1) is 9.74. The number of sulfonamides is 1. The largest absolute Gasteiger partial charge is 0.411 e. The van der Waals surface area contributed by atoms with Crippen molar-refractivity contribution in [3.05, 3.63) is 29.8 Å². The van der Waals surface area contributed by atoms with Gasteiger partial charge in [0.2, 0.25) is 10.0 Å². The minimum Gasteiger partial charge on any atom is -0.366 e. The van der Waals surface area contributed by atoms with Crippen LogP contribution in [0.25, 0.3) is 0 Å². The fourth-order valence-corrected chi connectivity index (χ4v) is 3.48. The Morgan fingerprint density at radius 2 is 1.95 bits per heavy atom. The van der Waals surface area contributed by atoms with Crippen LogP contribution in [0.2, 0.25) is 0 Å². The number of nitrogens with zero attached hydrogens (tertiary/aromatic N) is 2. The summed E-state index contributed by atoms with van der Waals surface area (Å²) in [4.78, 5) is -0.151. The van der Waals surface area contributed by atoms with Crippen LogP contribution >= 0.6 is 0 Å². The molecule has 0 aliphatic carbocycles. The van der Waals surface area contributed by atoms with Crippen LogP contribution in [0.5, 0.6) is 0 Å². The zero-order chi connectivity index (χ0) is 15.7. The third-order valence-electron chi connectivity index (χ3n) is 2.92. The van der Waals surface area contributed by atoms with Gasteiger partial charge in [0.05, 0.1) is 16.6 Å². The molecular weight excluding hydrogens is 309 g/mol. The van der Waals surface area contributed by atoms with E-state index < -0.39 is 28.9 Å². The van der Waals surface area contributed by atoms with Gasteiger partial charge in [0.15, 0.2) is 0 Å². The second kappa shape index (κ2) is 5.63. The van der Waals surface area contributed by atoms with Crippen LogP contribution in [0.3, 0.4) is 0 Å². The molecule has 1 saturated heterocycles. The van der Waals surface area contributed by atoms with E-state index in [0.29, 0.717) is 0 Å². The van der Waals surface area contributed by atoms with Crippen molar-refractivity contribution >= 4 is 10.0 Å². The van der Waals surface area contributed by atoms with E-state index in [-0.39, 0.29) is 23.5 Å². The van der Waals surface area contributed by atoms with Crippen molar-refractivity contribution in [3.8, 4) is 6.07 Å². The molecule has 0 saturated carbocycles. The number of ether oxygens (including phenoxy) is 1. The van der Waals surface area contributed by atoms with Gasteiger partial charge in [0.1, 0.15) is 12.7 Å². The average Bonchev–Trinajstić information content (AvgIpc) is 2.35. The molecule has 21 heavy (non-hydrogen) atoms. The molecular formula is C12H11F3N2O3S. The number of nitriles is 1. The van der Waals surface area contributed by atoms with Crippen LogP contribution in [0.4, 0.5) is 13.2 Å². The van der Waals surface area contributed by atoms with Gasteiger partial charge >= 0.3 is 6.18 Å². The van der Waals surface area contributed by atoms with E-state index in [1.54, 1.807) is 6.07 Å². The molecule has 114 valence electrons. The predicted octanol–water partition coefficient (Wildman–Crippen LogP) is 1.51. The summed E-state index contributed by atoms with van der Waals surface area (Å²) in [5.41, 5.74) is -0.00263. The van der Waals surface area contributed by atoms with E-state index in [9.17, 15) is 21.6 Å². The van der Waals surface area contributed by atoms with Crippen molar-refractivity contribution < 1.29 is 26.3 Å². The van der Waals surface area contributed by atoms with Gasteiger partial charge in [-0.15, -0.1) is 0 Å². The van der Waals surface area contributed by atoms with Gasteiger partial charge in [-0.2, -0.15) is 22.7 Å². The molecule has 1 heterocycles. The maximum atomic E-state index is 12.2. The highest BCUT2D eigenvalue weighted by atomic mass is 32.2. The van der Waals surface area contributed by atoms with E-state index in [1.807, 2.05) is 0 Å². The Morgan fingerprint density at radius 1 is 1.33 bits per heavy atom. The molecule has 0 bridgehead atoms. The van der Waals surface area contributed by atoms with Crippen molar-refractivity contribution in [2.24, 2.45) is 0 Å². The molecule has 5 nitrogen and oxygen atoms in total. The van der Waals surface area contributed by atoms with Gasteiger partial charge in [-0.05, 0) is 12.1 Å². The van der Waals surface area contributed by atoms with Crippen molar-refractivity contribution in [1.82, 2.24) is 4.31 Å². The van der Waals surface area contributed by atoms with Gasteiger partial charge in [-0.3, -0.25) is 0 Å². The summed E-state index contributed by atoms with van der Waals surface area (Å²) in [6.07, 6.45) is -5.22. The monoisotopic (exact) mass is 320 g/mol. The minimum atomic E-state index is -4.44. The topological polar surface area (TPSA) is 70.4 Å². The van der Waals surface area contributed by atoms with E-state index in [2.05, 4.69) is 4.74 Å². The Bertz CT molecular complexity index is 661. The van der Waals surface area contributed by atoms with Crippen LogP contribution in [0, 0.1) is 11.3 Å². The highest BCUT2D eigenvalue weighted by Crippen LogP contribution is 2.26. The molecule has 1 aromatic rings. The maximum absolute atomic E-state index is 12.2. The Hall–Kier alpha value is -1.63. The standard InChI is InChI=1S/C12H11F3N2O3S/c13-12(14,15)8-20-10-6-17(7-10)21(18,19)11-4-2-1-3-9(11)5-16/h1-4,10H,6-8H2. The van der Waals surface area contributed by atoms with Gasteiger partial charge in [0, 0.05) is 13.1 Å². The first-order valence-corrected chi connectivity index (χ1v) is 7.35. The second-order valence-corrected chi connectivity index (χ2v) is 6.38. The predicted molar refractivity (Wildman–Crippen MR) is 65.7 cm³/mol. The first-order valence-electron chi connectivity index (χ1n) is 5.91. The summed E-state index contributed by atoms with van der Waals surface area (Å²) in [5.74, 6) is 0. The number of alkyl halides is 3. The number of rotatable bonds is 4. The minimum absolute atomic E-state index is 0.00263. The highest BCUT2D eigenvalue weighted by Gasteiger charge is 2.40. The third kappa shape index (κ3) is 3.53. The Kier molecular flexibility index (Phi) is 4.22. The lowest BCUT2D eigenvalue weighted by atomic mass is 10.2. The van der Waals surface area contributed by atoms with Crippen LogP contribution in [0.15, 0.2) is 29.2 Å². The zero-order valence-corrected chi connectivity index (χ0v) is 11.5. The fourth-order valence-electron chi connectivity index (χ4n) is 1.84. The SMILES string of the molecule is N#Cc1ccccc1S(=O)(=O)N1CC(OCC(F)(F)F)C1. The summed E-state index contributed by atoms with van der Waals surface area (Å²) in [6.45, 7) is -1.71. The van der Waals surface area contributed by atoms with Crippen molar-refractivity contribution in [2.75, 3.05) is 19.7 Å². The number of hydrogen-bond donors (Lipinski definition) is 0. The van der Waals surface area contributed by atoms with E-state index in [1.165, 1.54) is 24.3 Å². The lowest BCUT2D eigenvalue weighted by molar-refractivity contribution is -0.194. The fraction of sp³-hybridized carbons (Fsp3) is 0.417. The molecule has 1 aliphatic rings. The molecule has 0 unspecified atom stereocenters.